The lowest BCUT2D eigenvalue weighted by molar-refractivity contribution is -0.122. The lowest BCUT2D eigenvalue weighted by Crippen LogP contribution is -2.39. The summed E-state index contributed by atoms with van der Waals surface area (Å²) < 4.78 is 0. The lowest BCUT2D eigenvalue weighted by atomic mass is 10.0. The summed E-state index contributed by atoms with van der Waals surface area (Å²) in [5.41, 5.74) is 5.80. The van der Waals surface area contributed by atoms with Crippen molar-refractivity contribution >= 4 is 5.91 Å². The molecule has 0 fully saturated rings. The van der Waals surface area contributed by atoms with Crippen molar-refractivity contribution in [2.75, 3.05) is 0 Å². The van der Waals surface area contributed by atoms with Crippen LogP contribution in [0.1, 0.15) is 40.0 Å². The van der Waals surface area contributed by atoms with Gasteiger partial charge in [0.05, 0.1) is 6.04 Å². The van der Waals surface area contributed by atoms with Gasteiger partial charge in [-0.25, -0.2) is 0 Å². The van der Waals surface area contributed by atoms with Gasteiger partial charge in [0.15, 0.2) is 0 Å². The molecule has 2 unspecified atom stereocenters. The van der Waals surface area contributed by atoms with Crippen LogP contribution in [0.2, 0.25) is 0 Å². The van der Waals surface area contributed by atoms with Crippen LogP contribution >= 0.6 is 0 Å². The Bertz CT molecular complexity index is 230. The van der Waals surface area contributed by atoms with Crippen LogP contribution in [0.5, 0.6) is 0 Å². The molecular formula is C12H22N2O. The van der Waals surface area contributed by atoms with Crippen molar-refractivity contribution in [2.24, 2.45) is 11.7 Å². The SMILES string of the molecule is C#CC(CCC)NC(=O)CC(N)C(C)C. The van der Waals surface area contributed by atoms with Gasteiger partial charge in [-0.05, 0) is 12.3 Å². The number of rotatable bonds is 6. The molecular weight excluding hydrogens is 188 g/mol. The molecule has 86 valence electrons. The van der Waals surface area contributed by atoms with E-state index in [1.54, 1.807) is 0 Å². The second-order valence-electron chi connectivity index (χ2n) is 4.19. The maximum Gasteiger partial charge on any atom is 0.222 e. The maximum absolute atomic E-state index is 11.5. The highest BCUT2D eigenvalue weighted by molar-refractivity contribution is 5.77. The zero-order valence-corrected chi connectivity index (χ0v) is 9.92. The highest BCUT2D eigenvalue weighted by Gasteiger charge is 2.14. The molecule has 0 radical (unpaired) electrons. The van der Waals surface area contributed by atoms with Crippen LogP contribution in [0, 0.1) is 18.3 Å². The first-order valence-corrected chi connectivity index (χ1v) is 5.52. The first-order chi connectivity index (χ1) is 7.01. The Morgan fingerprint density at radius 1 is 1.53 bits per heavy atom. The lowest BCUT2D eigenvalue weighted by Gasteiger charge is -2.17. The Morgan fingerprint density at radius 2 is 2.13 bits per heavy atom. The number of carbonyl (C=O) groups is 1. The summed E-state index contributed by atoms with van der Waals surface area (Å²) in [5, 5.41) is 2.80. The third-order valence-electron chi connectivity index (χ3n) is 2.39. The zero-order chi connectivity index (χ0) is 11.8. The molecule has 15 heavy (non-hydrogen) atoms. The van der Waals surface area contributed by atoms with E-state index >= 15 is 0 Å². The second-order valence-corrected chi connectivity index (χ2v) is 4.19. The number of amides is 1. The van der Waals surface area contributed by atoms with Gasteiger partial charge in [0.2, 0.25) is 5.91 Å². The summed E-state index contributed by atoms with van der Waals surface area (Å²) in [4.78, 5) is 11.5. The van der Waals surface area contributed by atoms with Gasteiger partial charge in [-0.3, -0.25) is 4.79 Å². The van der Waals surface area contributed by atoms with E-state index in [-0.39, 0.29) is 18.0 Å². The molecule has 0 aromatic carbocycles. The monoisotopic (exact) mass is 210 g/mol. The Labute approximate surface area is 92.8 Å². The minimum absolute atomic E-state index is 0.0485. The van der Waals surface area contributed by atoms with E-state index in [0.29, 0.717) is 12.3 Å². The van der Waals surface area contributed by atoms with Crippen LogP contribution in [0.15, 0.2) is 0 Å². The van der Waals surface area contributed by atoms with E-state index in [4.69, 9.17) is 12.2 Å². The molecule has 3 N–H and O–H groups in total. The van der Waals surface area contributed by atoms with Crippen LogP contribution in [-0.4, -0.2) is 18.0 Å². The average molecular weight is 210 g/mol. The van der Waals surface area contributed by atoms with E-state index in [1.165, 1.54) is 0 Å². The molecule has 0 heterocycles. The summed E-state index contributed by atoms with van der Waals surface area (Å²) in [6.45, 7) is 6.04. The molecule has 2 atom stereocenters. The number of carbonyl (C=O) groups excluding carboxylic acids is 1. The van der Waals surface area contributed by atoms with Crippen molar-refractivity contribution in [3.63, 3.8) is 0 Å². The van der Waals surface area contributed by atoms with Crippen LogP contribution in [0.3, 0.4) is 0 Å². The molecule has 0 saturated heterocycles. The van der Waals surface area contributed by atoms with E-state index in [2.05, 4.69) is 11.2 Å². The Hall–Kier alpha value is -1.01. The van der Waals surface area contributed by atoms with Crippen LogP contribution < -0.4 is 11.1 Å². The minimum Gasteiger partial charge on any atom is -0.342 e. The normalized spacial score (nSPS) is 14.4. The number of hydrogen-bond donors (Lipinski definition) is 2. The molecule has 3 nitrogen and oxygen atoms in total. The highest BCUT2D eigenvalue weighted by Crippen LogP contribution is 2.03. The molecule has 0 aromatic rings. The van der Waals surface area contributed by atoms with E-state index in [0.717, 1.165) is 12.8 Å². The summed E-state index contributed by atoms with van der Waals surface area (Å²) in [5.74, 6) is 2.83. The van der Waals surface area contributed by atoms with Crippen LogP contribution in [0.4, 0.5) is 0 Å². The smallest absolute Gasteiger partial charge is 0.222 e. The Balaban J connectivity index is 3.97. The Morgan fingerprint density at radius 3 is 2.53 bits per heavy atom. The maximum atomic E-state index is 11.5. The zero-order valence-electron chi connectivity index (χ0n) is 9.92. The van der Waals surface area contributed by atoms with Gasteiger partial charge in [-0.1, -0.05) is 33.1 Å². The van der Waals surface area contributed by atoms with Crippen molar-refractivity contribution in [3.8, 4) is 12.3 Å². The molecule has 0 bridgehead atoms. The summed E-state index contributed by atoms with van der Waals surface area (Å²) in [6, 6.07) is -0.244. The molecule has 0 spiro atoms. The van der Waals surface area contributed by atoms with Gasteiger partial charge >= 0.3 is 0 Å². The van der Waals surface area contributed by atoms with Gasteiger partial charge < -0.3 is 11.1 Å². The fourth-order valence-corrected chi connectivity index (χ4v) is 1.19. The van der Waals surface area contributed by atoms with Crippen molar-refractivity contribution in [2.45, 2.75) is 52.1 Å². The van der Waals surface area contributed by atoms with Gasteiger partial charge in [-0.15, -0.1) is 6.42 Å². The number of terminal acetylenes is 1. The van der Waals surface area contributed by atoms with E-state index < -0.39 is 0 Å². The number of nitrogens with one attached hydrogen (secondary N) is 1. The fourth-order valence-electron chi connectivity index (χ4n) is 1.19. The molecule has 0 aliphatic carbocycles. The van der Waals surface area contributed by atoms with Gasteiger partial charge in [0, 0.05) is 12.5 Å². The predicted molar refractivity (Wildman–Crippen MR) is 63.1 cm³/mol. The van der Waals surface area contributed by atoms with Gasteiger partial charge in [-0.2, -0.15) is 0 Å². The van der Waals surface area contributed by atoms with Gasteiger partial charge in [0.25, 0.3) is 0 Å². The quantitative estimate of drug-likeness (QED) is 0.649. The summed E-state index contributed by atoms with van der Waals surface area (Å²) in [6.07, 6.45) is 7.43. The molecule has 0 rings (SSSR count). The van der Waals surface area contributed by atoms with E-state index in [9.17, 15) is 4.79 Å². The predicted octanol–water partition coefficient (Wildman–Crippen LogP) is 1.28. The summed E-state index contributed by atoms with van der Waals surface area (Å²) >= 11 is 0. The van der Waals surface area contributed by atoms with E-state index in [1.807, 2.05) is 20.8 Å². The topological polar surface area (TPSA) is 55.1 Å². The third kappa shape index (κ3) is 6.14. The van der Waals surface area contributed by atoms with Crippen LogP contribution in [-0.2, 0) is 4.79 Å². The Kier molecular flexibility index (Phi) is 6.81. The number of nitrogens with two attached hydrogens (primary N) is 1. The van der Waals surface area contributed by atoms with Gasteiger partial charge in [0.1, 0.15) is 0 Å². The number of hydrogen-bond acceptors (Lipinski definition) is 2. The van der Waals surface area contributed by atoms with Crippen molar-refractivity contribution in [3.05, 3.63) is 0 Å². The fraction of sp³-hybridized carbons (Fsp3) is 0.750. The minimum atomic E-state index is -0.151. The first-order valence-electron chi connectivity index (χ1n) is 5.52. The molecule has 1 amide bonds. The molecule has 3 heteroatoms. The average Bonchev–Trinajstić information content (AvgIpc) is 2.16. The molecule has 0 saturated carbocycles. The van der Waals surface area contributed by atoms with Crippen molar-refractivity contribution in [1.29, 1.82) is 0 Å². The molecule has 0 aliphatic rings. The van der Waals surface area contributed by atoms with Crippen molar-refractivity contribution < 1.29 is 4.79 Å². The van der Waals surface area contributed by atoms with Crippen molar-refractivity contribution in [1.82, 2.24) is 5.32 Å². The molecule has 0 aliphatic heterocycles. The first kappa shape index (κ1) is 14.0. The third-order valence-corrected chi connectivity index (χ3v) is 2.39. The standard InChI is InChI=1S/C12H22N2O/c1-5-7-10(6-2)14-12(15)8-11(13)9(3)4/h2,9-11H,5,7-8,13H2,1,3-4H3,(H,14,15). The summed E-state index contributed by atoms with van der Waals surface area (Å²) in [7, 11) is 0. The highest BCUT2D eigenvalue weighted by atomic mass is 16.1. The molecule has 0 aromatic heterocycles. The second kappa shape index (κ2) is 7.30. The van der Waals surface area contributed by atoms with Crippen LogP contribution in [0.25, 0.3) is 0 Å². The largest absolute Gasteiger partial charge is 0.342 e.